The molecule has 2 atom stereocenters. The van der Waals surface area contributed by atoms with Gasteiger partial charge in [-0.3, -0.25) is 9.59 Å². The van der Waals surface area contributed by atoms with Gasteiger partial charge in [0.25, 0.3) is 0 Å². The topological polar surface area (TPSA) is 79.3 Å². The van der Waals surface area contributed by atoms with Gasteiger partial charge in [-0.25, -0.2) is 4.98 Å². The highest BCUT2D eigenvalue weighted by molar-refractivity contribution is 7.09. The molecule has 0 aliphatic heterocycles. The predicted molar refractivity (Wildman–Crippen MR) is 72.0 cm³/mol. The Balaban J connectivity index is 1.78. The van der Waals surface area contributed by atoms with Gasteiger partial charge < -0.3 is 10.4 Å². The molecular formula is C13H18N2O3S. The minimum atomic E-state index is -0.744. The summed E-state index contributed by atoms with van der Waals surface area (Å²) in [6.07, 6.45) is 2.81. The number of aromatic nitrogens is 1. The van der Waals surface area contributed by atoms with E-state index in [-0.39, 0.29) is 24.2 Å². The third-order valence-electron chi connectivity index (χ3n) is 3.55. The molecular weight excluding hydrogens is 264 g/mol. The van der Waals surface area contributed by atoms with Crippen molar-refractivity contribution < 1.29 is 14.7 Å². The lowest BCUT2D eigenvalue weighted by molar-refractivity contribution is -0.143. The molecule has 0 bridgehead atoms. The van der Waals surface area contributed by atoms with Crippen LogP contribution < -0.4 is 5.32 Å². The molecule has 1 fully saturated rings. The van der Waals surface area contributed by atoms with Crippen LogP contribution >= 0.6 is 11.3 Å². The van der Waals surface area contributed by atoms with Gasteiger partial charge in [0, 0.05) is 11.9 Å². The first-order valence-corrected chi connectivity index (χ1v) is 7.34. The number of thiazole rings is 1. The van der Waals surface area contributed by atoms with E-state index in [1.807, 2.05) is 12.3 Å². The molecule has 0 radical (unpaired) electrons. The first-order chi connectivity index (χ1) is 9.06. The molecule has 2 N–H and O–H groups in total. The van der Waals surface area contributed by atoms with Crippen molar-refractivity contribution in [2.45, 2.75) is 32.6 Å². The van der Waals surface area contributed by atoms with Crippen LogP contribution in [0.3, 0.4) is 0 Å². The number of nitrogens with one attached hydrogen (secondary N) is 1. The quantitative estimate of drug-likeness (QED) is 0.860. The van der Waals surface area contributed by atoms with Gasteiger partial charge >= 0.3 is 5.97 Å². The molecule has 19 heavy (non-hydrogen) atoms. The minimum absolute atomic E-state index is 0.0682. The first-order valence-electron chi connectivity index (χ1n) is 6.46. The number of carbonyl (C=O) groups is 2. The second kappa shape index (κ2) is 6.14. The van der Waals surface area contributed by atoms with Gasteiger partial charge in [0.15, 0.2) is 0 Å². The van der Waals surface area contributed by atoms with Gasteiger partial charge in [-0.15, -0.1) is 11.3 Å². The fraction of sp³-hybridized carbons (Fsp3) is 0.615. The standard InChI is InChI=1S/C13H18N2O3S/c1-8-15-10(7-19-8)5-12(16)14-6-9-3-2-4-11(9)13(17)18/h7,9,11H,2-6H2,1H3,(H,14,16)(H,17,18). The summed E-state index contributed by atoms with van der Waals surface area (Å²) in [4.78, 5) is 27.0. The molecule has 1 aromatic rings. The Bertz CT molecular complexity index is 472. The molecule has 1 amide bonds. The molecule has 5 nitrogen and oxygen atoms in total. The zero-order valence-corrected chi connectivity index (χ0v) is 11.7. The maximum Gasteiger partial charge on any atom is 0.306 e. The van der Waals surface area contributed by atoms with Crippen molar-refractivity contribution >= 4 is 23.2 Å². The average molecular weight is 282 g/mol. The Morgan fingerprint density at radius 2 is 2.32 bits per heavy atom. The lowest BCUT2D eigenvalue weighted by atomic mass is 9.96. The Morgan fingerprint density at radius 3 is 2.95 bits per heavy atom. The second-order valence-electron chi connectivity index (χ2n) is 4.97. The molecule has 0 spiro atoms. The van der Waals surface area contributed by atoms with Crippen LogP contribution in [-0.4, -0.2) is 28.5 Å². The molecule has 2 unspecified atom stereocenters. The Kier molecular flexibility index (Phi) is 4.52. The largest absolute Gasteiger partial charge is 0.481 e. The molecule has 0 aromatic carbocycles. The van der Waals surface area contributed by atoms with Gasteiger partial charge in [-0.05, 0) is 25.7 Å². The van der Waals surface area contributed by atoms with E-state index in [4.69, 9.17) is 5.11 Å². The molecule has 0 saturated heterocycles. The highest BCUT2D eigenvalue weighted by Crippen LogP contribution is 2.31. The molecule has 1 saturated carbocycles. The van der Waals surface area contributed by atoms with Gasteiger partial charge in [0.1, 0.15) is 0 Å². The fourth-order valence-electron chi connectivity index (χ4n) is 2.57. The van der Waals surface area contributed by atoms with E-state index in [0.717, 1.165) is 30.0 Å². The van der Waals surface area contributed by atoms with Crippen LogP contribution in [0.15, 0.2) is 5.38 Å². The first kappa shape index (κ1) is 14.0. The third kappa shape index (κ3) is 3.76. The van der Waals surface area contributed by atoms with Crippen molar-refractivity contribution in [3.05, 3.63) is 16.1 Å². The lowest BCUT2D eigenvalue weighted by Gasteiger charge is -2.16. The highest BCUT2D eigenvalue weighted by atomic mass is 32.1. The molecule has 2 rings (SSSR count). The normalized spacial score (nSPS) is 22.4. The second-order valence-corrected chi connectivity index (χ2v) is 6.04. The molecule has 1 heterocycles. The van der Waals surface area contributed by atoms with E-state index in [1.165, 1.54) is 11.3 Å². The molecule has 104 valence electrons. The van der Waals surface area contributed by atoms with Gasteiger partial charge in [-0.2, -0.15) is 0 Å². The van der Waals surface area contributed by atoms with Crippen LogP contribution in [0.5, 0.6) is 0 Å². The number of amides is 1. The van der Waals surface area contributed by atoms with Crippen LogP contribution in [0, 0.1) is 18.8 Å². The van der Waals surface area contributed by atoms with Crippen LogP contribution in [0.4, 0.5) is 0 Å². The third-order valence-corrected chi connectivity index (χ3v) is 4.37. The lowest BCUT2D eigenvalue weighted by Crippen LogP contribution is -2.33. The molecule has 1 aliphatic rings. The number of aryl methyl sites for hydroxylation is 1. The number of aliphatic carboxylic acids is 1. The van der Waals surface area contributed by atoms with E-state index in [9.17, 15) is 9.59 Å². The number of carboxylic acids is 1. The minimum Gasteiger partial charge on any atom is -0.481 e. The number of carboxylic acid groups (broad SMARTS) is 1. The zero-order valence-electron chi connectivity index (χ0n) is 10.9. The van der Waals surface area contributed by atoms with Gasteiger partial charge in [-0.1, -0.05) is 6.42 Å². The fourth-order valence-corrected chi connectivity index (χ4v) is 3.18. The van der Waals surface area contributed by atoms with Crippen molar-refractivity contribution in [2.75, 3.05) is 6.54 Å². The van der Waals surface area contributed by atoms with Crippen LogP contribution in [0.2, 0.25) is 0 Å². The summed E-state index contributed by atoms with van der Waals surface area (Å²) in [6.45, 7) is 2.36. The monoisotopic (exact) mass is 282 g/mol. The van der Waals surface area contributed by atoms with E-state index in [1.54, 1.807) is 0 Å². The van der Waals surface area contributed by atoms with E-state index in [0.29, 0.717) is 6.54 Å². The predicted octanol–water partition coefficient (Wildman–Crippen LogP) is 1.61. The van der Waals surface area contributed by atoms with Crippen molar-refractivity contribution in [3.63, 3.8) is 0 Å². The van der Waals surface area contributed by atoms with Crippen molar-refractivity contribution in [1.82, 2.24) is 10.3 Å². The number of carbonyl (C=O) groups excluding carboxylic acids is 1. The van der Waals surface area contributed by atoms with Gasteiger partial charge in [0.2, 0.25) is 5.91 Å². The summed E-state index contributed by atoms with van der Waals surface area (Å²) in [5, 5.41) is 14.7. The average Bonchev–Trinajstić information content (AvgIpc) is 2.95. The summed E-state index contributed by atoms with van der Waals surface area (Å²) >= 11 is 1.53. The van der Waals surface area contributed by atoms with Crippen LogP contribution in [0.25, 0.3) is 0 Å². The van der Waals surface area contributed by atoms with E-state index in [2.05, 4.69) is 10.3 Å². The number of hydrogen-bond donors (Lipinski definition) is 2. The maximum absolute atomic E-state index is 11.8. The molecule has 6 heteroatoms. The maximum atomic E-state index is 11.8. The number of rotatable bonds is 5. The zero-order chi connectivity index (χ0) is 13.8. The van der Waals surface area contributed by atoms with Crippen LogP contribution in [0.1, 0.15) is 30.0 Å². The Hall–Kier alpha value is -1.43. The van der Waals surface area contributed by atoms with Crippen molar-refractivity contribution in [3.8, 4) is 0 Å². The van der Waals surface area contributed by atoms with Crippen LogP contribution in [-0.2, 0) is 16.0 Å². The van der Waals surface area contributed by atoms with E-state index < -0.39 is 5.97 Å². The number of nitrogens with zero attached hydrogens (tertiary/aromatic N) is 1. The van der Waals surface area contributed by atoms with Crippen molar-refractivity contribution in [2.24, 2.45) is 11.8 Å². The molecule has 1 aromatic heterocycles. The molecule has 1 aliphatic carbocycles. The number of hydrogen-bond acceptors (Lipinski definition) is 4. The van der Waals surface area contributed by atoms with E-state index >= 15 is 0 Å². The summed E-state index contributed by atoms with van der Waals surface area (Å²) in [6, 6.07) is 0. The SMILES string of the molecule is Cc1nc(CC(=O)NCC2CCCC2C(=O)O)cs1. The highest BCUT2D eigenvalue weighted by Gasteiger charge is 2.32. The Morgan fingerprint density at radius 1 is 1.53 bits per heavy atom. The van der Waals surface area contributed by atoms with Gasteiger partial charge in [0.05, 0.1) is 23.0 Å². The summed E-state index contributed by atoms with van der Waals surface area (Å²) in [7, 11) is 0. The van der Waals surface area contributed by atoms with Crippen molar-refractivity contribution in [1.29, 1.82) is 0 Å². The summed E-state index contributed by atoms with van der Waals surface area (Å²) in [5.74, 6) is -1.06. The summed E-state index contributed by atoms with van der Waals surface area (Å²) < 4.78 is 0. The smallest absolute Gasteiger partial charge is 0.306 e. The summed E-state index contributed by atoms with van der Waals surface area (Å²) in [5.41, 5.74) is 0.779. The Labute approximate surface area is 116 Å².